The van der Waals surface area contributed by atoms with E-state index >= 15 is 0 Å². The van der Waals surface area contributed by atoms with Gasteiger partial charge in [-0.25, -0.2) is 0 Å². The van der Waals surface area contributed by atoms with Crippen molar-refractivity contribution in [3.05, 3.63) is 0 Å². The number of rotatable bonds is 7. The zero-order valence-electron chi connectivity index (χ0n) is 12.3. The van der Waals surface area contributed by atoms with Crippen LogP contribution in [0.4, 0.5) is 0 Å². The second-order valence-electron chi connectivity index (χ2n) is 5.54. The quantitative estimate of drug-likeness (QED) is 0.705. The fraction of sp³-hybridized carbons (Fsp3) is 0.857. The van der Waals surface area contributed by atoms with Crippen LogP contribution in [0.1, 0.15) is 25.7 Å². The lowest BCUT2D eigenvalue weighted by molar-refractivity contribution is -0.139. The lowest BCUT2D eigenvalue weighted by Crippen LogP contribution is -2.47. The topological polar surface area (TPSA) is 61.9 Å². The second-order valence-corrected chi connectivity index (χ2v) is 5.54. The summed E-state index contributed by atoms with van der Waals surface area (Å²) in [6, 6.07) is 0.380. The molecule has 2 heterocycles. The number of nitrogens with zero attached hydrogens (tertiary/aromatic N) is 2. The highest BCUT2D eigenvalue weighted by Gasteiger charge is 2.26. The number of ether oxygens (including phenoxy) is 1. The van der Waals surface area contributed by atoms with Gasteiger partial charge in [0.1, 0.15) is 0 Å². The summed E-state index contributed by atoms with van der Waals surface area (Å²) in [4.78, 5) is 27.5. The van der Waals surface area contributed by atoms with Crippen LogP contribution in [0.5, 0.6) is 0 Å². The smallest absolute Gasteiger partial charge is 0.242 e. The minimum absolute atomic E-state index is 0.0333. The fourth-order valence-corrected chi connectivity index (χ4v) is 2.83. The molecule has 1 unspecified atom stereocenters. The molecule has 2 aliphatic heterocycles. The molecule has 0 radical (unpaired) electrons. The third kappa shape index (κ3) is 4.18. The average molecular weight is 283 g/mol. The van der Waals surface area contributed by atoms with Crippen molar-refractivity contribution < 1.29 is 14.3 Å². The van der Waals surface area contributed by atoms with E-state index in [1.807, 2.05) is 4.90 Å². The van der Waals surface area contributed by atoms with Crippen LogP contribution in [0.3, 0.4) is 0 Å². The molecule has 1 N–H and O–H groups in total. The summed E-state index contributed by atoms with van der Waals surface area (Å²) in [5.74, 6) is 0.134. The van der Waals surface area contributed by atoms with E-state index in [2.05, 4.69) is 5.32 Å². The van der Waals surface area contributed by atoms with Gasteiger partial charge in [0.2, 0.25) is 11.8 Å². The van der Waals surface area contributed by atoms with E-state index in [4.69, 9.17) is 4.74 Å². The molecule has 20 heavy (non-hydrogen) atoms. The molecule has 2 rings (SSSR count). The van der Waals surface area contributed by atoms with Gasteiger partial charge in [-0.15, -0.1) is 0 Å². The summed E-state index contributed by atoms with van der Waals surface area (Å²) in [7, 11) is 1.64. The van der Waals surface area contributed by atoms with Crippen molar-refractivity contribution in [2.75, 3.05) is 46.4 Å². The first kappa shape index (κ1) is 15.3. The van der Waals surface area contributed by atoms with E-state index in [1.165, 1.54) is 6.42 Å². The zero-order valence-corrected chi connectivity index (χ0v) is 12.3. The zero-order chi connectivity index (χ0) is 14.4. The summed E-state index contributed by atoms with van der Waals surface area (Å²) in [6.07, 6.45) is 3.73. The van der Waals surface area contributed by atoms with Crippen molar-refractivity contribution in [2.24, 2.45) is 0 Å². The minimum Gasteiger partial charge on any atom is -0.383 e. The summed E-state index contributed by atoms with van der Waals surface area (Å²) in [5, 5.41) is 3.41. The van der Waals surface area contributed by atoms with Crippen molar-refractivity contribution in [3.63, 3.8) is 0 Å². The van der Waals surface area contributed by atoms with Gasteiger partial charge in [-0.2, -0.15) is 0 Å². The van der Waals surface area contributed by atoms with Crippen LogP contribution in [-0.2, 0) is 14.3 Å². The van der Waals surface area contributed by atoms with Gasteiger partial charge in [0.05, 0.1) is 13.2 Å². The van der Waals surface area contributed by atoms with Gasteiger partial charge in [-0.05, 0) is 25.8 Å². The van der Waals surface area contributed by atoms with E-state index < -0.39 is 0 Å². The first-order valence-corrected chi connectivity index (χ1v) is 7.48. The van der Waals surface area contributed by atoms with E-state index in [-0.39, 0.29) is 18.4 Å². The van der Waals surface area contributed by atoms with Gasteiger partial charge >= 0.3 is 0 Å². The van der Waals surface area contributed by atoms with Gasteiger partial charge < -0.3 is 19.9 Å². The first-order valence-electron chi connectivity index (χ1n) is 7.48. The highest BCUT2D eigenvalue weighted by Crippen LogP contribution is 2.11. The maximum atomic E-state index is 12.4. The Labute approximate surface area is 120 Å². The highest BCUT2D eigenvalue weighted by molar-refractivity contribution is 5.85. The minimum atomic E-state index is 0.0333. The molecule has 6 heteroatoms. The van der Waals surface area contributed by atoms with Crippen molar-refractivity contribution in [3.8, 4) is 0 Å². The van der Waals surface area contributed by atoms with E-state index in [0.717, 1.165) is 19.4 Å². The Hall–Kier alpha value is -1.14. The number of amides is 2. The number of hydrogen-bond acceptors (Lipinski definition) is 4. The summed E-state index contributed by atoms with van der Waals surface area (Å²) < 4.78 is 5.08. The molecule has 0 saturated carbocycles. The molecule has 114 valence electrons. The molecule has 0 bridgehead atoms. The van der Waals surface area contributed by atoms with Gasteiger partial charge in [0.15, 0.2) is 0 Å². The second kappa shape index (κ2) is 7.59. The van der Waals surface area contributed by atoms with Gasteiger partial charge in [-0.3, -0.25) is 9.59 Å². The maximum Gasteiger partial charge on any atom is 0.242 e. The van der Waals surface area contributed by atoms with E-state index in [9.17, 15) is 9.59 Å². The van der Waals surface area contributed by atoms with Gasteiger partial charge in [-0.1, -0.05) is 0 Å². The fourth-order valence-electron chi connectivity index (χ4n) is 2.83. The predicted octanol–water partition coefficient (Wildman–Crippen LogP) is -0.164. The molecule has 1 atom stereocenters. The number of carbonyl (C=O) groups excluding carboxylic acids is 2. The van der Waals surface area contributed by atoms with Crippen molar-refractivity contribution in [1.82, 2.24) is 15.1 Å². The van der Waals surface area contributed by atoms with Crippen molar-refractivity contribution >= 4 is 11.8 Å². The monoisotopic (exact) mass is 283 g/mol. The van der Waals surface area contributed by atoms with Crippen molar-refractivity contribution in [2.45, 2.75) is 31.7 Å². The molecule has 0 aromatic rings. The molecule has 2 aliphatic rings. The Balaban J connectivity index is 1.86. The lowest BCUT2D eigenvalue weighted by atomic mass is 10.2. The van der Waals surface area contributed by atoms with Crippen LogP contribution in [0, 0.1) is 0 Å². The number of hydrogen-bond donors (Lipinski definition) is 1. The molecule has 0 aromatic carbocycles. The Morgan fingerprint density at radius 3 is 2.95 bits per heavy atom. The largest absolute Gasteiger partial charge is 0.383 e. The number of carbonyl (C=O) groups is 2. The Morgan fingerprint density at radius 1 is 1.50 bits per heavy atom. The predicted molar refractivity (Wildman–Crippen MR) is 75.3 cm³/mol. The number of likely N-dealkylation sites (tertiary alicyclic amines) is 1. The molecule has 0 spiro atoms. The molecule has 6 nitrogen and oxygen atoms in total. The standard InChI is InChI=1S/C14H25N3O3/c1-20-9-8-17(10-12-4-2-6-15-12)14(19)11-16-7-3-5-13(16)18/h12,15H,2-11H2,1H3. The van der Waals surface area contributed by atoms with Gasteiger partial charge in [0.25, 0.3) is 0 Å². The Kier molecular flexibility index (Phi) is 5.79. The maximum absolute atomic E-state index is 12.4. The number of nitrogens with one attached hydrogen (secondary N) is 1. The van der Waals surface area contributed by atoms with Gasteiger partial charge in [0, 0.05) is 39.2 Å². The molecule has 2 amide bonds. The number of methoxy groups -OCH3 is 1. The Morgan fingerprint density at radius 2 is 2.35 bits per heavy atom. The highest BCUT2D eigenvalue weighted by atomic mass is 16.5. The van der Waals surface area contributed by atoms with Crippen LogP contribution < -0.4 is 5.32 Å². The van der Waals surface area contributed by atoms with Crippen LogP contribution in [0.15, 0.2) is 0 Å². The SMILES string of the molecule is COCCN(CC1CCCN1)C(=O)CN1CCCC1=O. The Bertz CT molecular complexity index is 343. The summed E-state index contributed by atoms with van der Waals surface area (Å²) in [5.41, 5.74) is 0. The summed E-state index contributed by atoms with van der Waals surface area (Å²) >= 11 is 0. The molecule has 2 fully saturated rings. The summed E-state index contributed by atoms with van der Waals surface area (Å²) in [6.45, 7) is 3.80. The average Bonchev–Trinajstić information content (AvgIpc) is 3.07. The first-order chi connectivity index (χ1) is 9.70. The molecule has 2 saturated heterocycles. The molecule has 0 aromatic heterocycles. The molecule has 0 aliphatic carbocycles. The third-order valence-electron chi connectivity index (χ3n) is 4.02. The van der Waals surface area contributed by atoms with E-state index in [1.54, 1.807) is 12.0 Å². The lowest BCUT2D eigenvalue weighted by Gasteiger charge is -2.27. The molecular weight excluding hydrogens is 258 g/mol. The van der Waals surface area contributed by atoms with Crippen LogP contribution >= 0.6 is 0 Å². The van der Waals surface area contributed by atoms with Crippen LogP contribution in [-0.4, -0.2) is 74.1 Å². The third-order valence-corrected chi connectivity index (χ3v) is 4.02. The normalized spacial score (nSPS) is 22.6. The van der Waals surface area contributed by atoms with Crippen LogP contribution in [0.2, 0.25) is 0 Å². The van der Waals surface area contributed by atoms with E-state index in [0.29, 0.717) is 38.7 Å². The van der Waals surface area contributed by atoms with Crippen LogP contribution in [0.25, 0.3) is 0 Å². The van der Waals surface area contributed by atoms with Crippen molar-refractivity contribution in [1.29, 1.82) is 0 Å². The molecular formula is C14H25N3O3.